The fourth-order valence-corrected chi connectivity index (χ4v) is 3.68. The Hall–Kier alpha value is -1.10. The van der Waals surface area contributed by atoms with E-state index in [-0.39, 0.29) is 17.9 Å². The summed E-state index contributed by atoms with van der Waals surface area (Å²) in [5.41, 5.74) is 1.21. The van der Waals surface area contributed by atoms with Crippen molar-refractivity contribution >= 4 is 17.5 Å². The third kappa shape index (κ3) is 4.93. The fourth-order valence-electron chi connectivity index (χ4n) is 3.47. The van der Waals surface area contributed by atoms with E-state index in [4.69, 9.17) is 16.3 Å². The molecule has 2 fully saturated rings. The van der Waals surface area contributed by atoms with Gasteiger partial charge >= 0.3 is 0 Å². The second-order valence-corrected chi connectivity index (χ2v) is 7.02. The number of nitrogens with one attached hydrogen (secondary N) is 1. The van der Waals surface area contributed by atoms with Gasteiger partial charge in [0.25, 0.3) is 0 Å². The van der Waals surface area contributed by atoms with Gasteiger partial charge in [0.1, 0.15) is 0 Å². The normalized spacial score (nSPS) is 25.4. The van der Waals surface area contributed by atoms with Gasteiger partial charge in [0.2, 0.25) is 5.91 Å². The van der Waals surface area contributed by atoms with E-state index in [1.54, 1.807) is 0 Å². The molecular weight excluding hydrogens is 312 g/mol. The second-order valence-electron chi connectivity index (χ2n) is 6.58. The molecule has 0 bridgehead atoms. The van der Waals surface area contributed by atoms with Crippen LogP contribution in [0.5, 0.6) is 0 Å². The van der Waals surface area contributed by atoms with E-state index in [2.05, 4.69) is 16.3 Å². The first kappa shape index (κ1) is 16.7. The van der Waals surface area contributed by atoms with Crippen molar-refractivity contribution in [3.05, 3.63) is 34.9 Å². The summed E-state index contributed by atoms with van der Waals surface area (Å²) in [4.78, 5) is 14.7. The molecule has 0 aromatic heterocycles. The maximum atomic E-state index is 12.4. The number of hydrogen-bond acceptors (Lipinski definition) is 3. The van der Waals surface area contributed by atoms with Crippen molar-refractivity contribution in [1.29, 1.82) is 0 Å². The third-order valence-corrected chi connectivity index (χ3v) is 4.93. The van der Waals surface area contributed by atoms with Crippen molar-refractivity contribution in [2.75, 3.05) is 26.2 Å². The molecule has 5 heteroatoms. The zero-order valence-corrected chi connectivity index (χ0v) is 14.2. The van der Waals surface area contributed by atoms with Crippen molar-refractivity contribution in [2.24, 2.45) is 5.92 Å². The van der Waals surface area contributed by atoms with Crippen LogP contribution in [0.4, 0.5) is 0 Å². The molecule has 23 heavy (non-hydrogen) atoms. The molecular formula is C18H25ClN2O2. The van der Waals surface area contributed by atoms with E-state index in [1.807, 2.05) is 18.2 Å². The lowest BCUT2D eigenvalue weighted by molar-refractivity contribution is -0.127. The minimum atomic E-state index is 0.0873. The Kier molecular flexibility index (Phi) is 5.92. The molecule has 1 amide bonds. The van der Waals surface area contributed by atoms with Gasteiger partial charge in [-0.25, -0.2) is 0 Å². The van der Waals surface area contributed by atoms with Crippen LogP contribution in [0.2, 0.25) is 5.02 Å². The first-order valence-corrected chi connectivity index (χ1v) is 8.94. The average molecular weight is 337 g/mol. The molecule has 2 unspecified atom stereocenters. The molecule has 1 aromatic rings. The van der Waals surface area contributed by atoms with Gasteiger partial charge in [-0.15, -0.1) is 0 Å². The van der Waals surface area contributed by atoms with Gasteiger partial charge in [0.15, 0.2) is 0 Å². The van der Waals surface area contributed by atoms with Crippen molar-refractivity contribution in [1.82, 2.24) is 10.2 Å². The van der Waals surface area contributed by atoms with Crippen molar-refractivity contribution in [2.45, 2.75) is 38.3 Å². The monoisotopic (exact) mass is 336 g/mol. The van der Waals surface area contributed by atoms with E-state index in [9.17, 15) is 4.79 Å². The molecule has 2 heterocycles. The molecule has 2 aliphatic heterocycles. The highest BCUT2D eigenvalue weighted by Gasteiger charge is 2.26. The third-order valence-electron chi connectivity index (χ3n) is 4.70. The predicted octanol–water partition coefficient (Wildman–Crippen LogP) is 2.85. The summed E-state index contributed by atoms with van der Waals surface area (Å²) in [5, 5.41) is 3.84. The minimum Gasteiger partial charge on any atom is -0.376 e. The van der Waals surface area contributed by atoms with Gasteiger partial charge in [-0.3, -0.25) is 9.69 Å². The number of ether oxygens (including phenoxy) is 1. The molecule has 3 rings (SSSR count). The lowest BCUT2D eigenvalue weighted by Crippen LogP contribution is -2.44. The quantitative estimate of drug-likeness (QED) is 0.899. The van der Waals surface area contributed by atoms with Crippen LogP contribution < -0.4 is 5.32 Å². The maximum absolute atomic E-state index is 12.4. The molecule has 0 radical (unpaired) electrons. The second kappa shape index (κ2) is 8.13. The Bertz CT molecular complexity index is 532. The minimum absolute atomic E-state index is 0.0873. The molecule has 1 aromatic carbocycles. The molecule has 2 aliphatic rings. The summed E-state index contributed by atoms with van der Waals surface area (Å²) >= 11 is 6.05. The molecule has 126 valence electrons. The van der Waals surface area contributed by atoms with Crippen LogP contribution in [0, 0.1) is 5.92 Å². The van der Waals surface area contributed by atoms with E-state index >= 15 is 0 Å². The molecule has 4 nitrogen and oxygen atoms in total. The fraction of sp³-hybridized carbons (Fsp3) is 0.611. The topological polar surface area (TPSA) is 41.6 Å². The van der Waals surface area contributed by atoms with Crippen LogP contribution in [0.1, 0.15) is 31.2 Å². The molecule has 2 saturated heterocycles. The standard InChI is InChI=1S/C18H25ClN2O2/c19-16-6-1-4-14(10-16)12-21-8-2-5-15(13-21)18(22)20-11-17-7-3-9-23-17/h1,4,6,10,15,17H,2-3,5,7-9,11-13H2,(H,20,22). The van der Waals surface area contributed by atoms with Crippen molar-refractivity contribution in [3.8, 4) is 0 Å². The number of rotatable bonds is 5. The number of hydrogen-bond donors (Lipinski definition) is 1. The summed E-state index contributed by atoms with van der Waals surface area (Å²) in [7, 11) is 0. The van der Waals surface area contributed by atoms with Crippen LogP contribution in [0.15, 0.2) is 24.3 Å². The van der Waals surface area contributed by atoms with E-state index in [0.29, 0.717) is 6.54 Å². The number of benzene rings is 1. The first-order chi connectivity index (χ1) is 11.2. The number of nitrogens with zero attached hydrogens (tertiary/aromatic N) is 1. The number of carbonyl (C=O) groups excluding carboxylic acids is 1. The van der Waals surface area contributed by atoms with Gasteiger partial charge in [0, 0.05) is 31.3 Å². The van der Waals surface area contributed by atoms with Gasteiger partial charge in [-0.1, -0.05) is 23.7 Å². The number of amides is 1. The lowest BCUT2D eigenvalue weighted by Gasteiger charge is -2.32. The Balaban J connectivity index is 1.48. The first-order valence-electron chi connectivity index (χ1n) is 8.57. The molecule has 2 atom stereocenters. The average Bonchev–Trinajstić information content (AvgIpc) is 3.06. The predicted molar refractivity (Wildman–Crippen MR) is 91.4 cm³/mol. The van der Waals surface area contributed by atoms with Crippen LogP contribution in [0.25, 0.3) is 0 Å². The van der Waals surface area contributed by atoms with Crippen LogP contribution in [0.3, 0.4) is 0 Å². The van der Waals surface area contributed by atoms with Gasteiger partial charge in [0.05, 0.1) is 12.0 Å². The smallest absolute Gasteiger partial charge is 0.224 e. The highest BCUT2D eigenvalue weighted by Crippen LogP contribution is 2.20. The van der Waals surface area contributed by atoms with Crippen molar-refractivity contribution < 1.29 is 9.53 Å². The highest BCUT2D eigenvalue weighted by molar-refractivity contribution is 6.30. The van der Waals surface area contributed by atoms with Crippen LogP contribution in [-0.2, 0) is 16.1 Å². The Morgan fingerprint density at radius 3 is 3.04 bits per heavy atom. The SMILES string of the molecule is O=C(NCC1CCCO1)C1CCCN(Cc2cccc(Cl)c2)C1. The summed E-state index contributed by atoms with van der Waals surface area (Å²) in [6, 6.07) is 7.96. The number of carbonyl (C=O) groups is 1. The van der Waals surface area contributed by atoms with Crippen molar-refractivity contribution in [3.63, 3.8) is 0 Å². The molecule has 0 spiro atoms. The summed E-state index contributed by atoms with van der Waals surface area (Å²) in [6.07, 6.45) is 4.43. The van der Waals surface area contributed by atoms with E-state index in [0.717, 1.165) is 56.9 Å². The summed E-state index contributed by atoms with van der Waals surface area (Å²) in [5.74, 6) is 0.264. The van der Waals surface area contributed by atoms with Crippen LogP contribution in [-0.4, -0.2) is 43.2 Å². The lowest BCUT2D eigenvalue weighted by atomic mass is 9.96. The van der Waals surface area contributed by atoms with Gasteiger partial charge in [-0.05, 0) is 49.9 Å². The highest BCUT2D eigenvalue weighted by atomic mass is 35.5. The largest absolute Gasteiger partial charge is 0.376 e. The summed E-state index contributed by atoms with van der Waals surface area (Å²) in [6.45, 7) is 4.21. The Morgan fingerprint density at radius 2 is 2.26 bits per heavy atom. The zero-order valence-electron chi connectivity index (χ0n) is 13.5. The number of likely N-dealkylation sites (tertiary alicyclic amines) is 1. The molecule has 1 N–H and O–H groups in total. The molecule has 0 aliphatic carbocycles. The van der Waals surface area contributed by atoms with Gasteiger partial charge < -0.3 is 10.1 Å². The van der Waals surface area contributed by atoms with Crippen LogP contribution >= 0.6 is 11.6 Å². The van der Waals surface area contributed by atoms with E-state index in [1.165, 1.54) is 5.56 Å². The Labute approximate surface area is 143 Å². The maximum Gasteiger partial charge on any atom is 0.224 e. The number of piperidine rings is 1. The summed E-state index contributed by atoms with van der Waals surface area (Å²) < 4.78 is 5.56. The zero-order chi connectivity index (χ0) is 16.1. The number of halogens is 1. The Morgan fingerprint density at radius 1 is 1.35 bits per heavy atom. The molecule has 0 saturated carbocycles. The van der Waals surface area contributed by atoms with Gasteiger partial charge in [-0.2, -0.15) is 0 Å². The van der Waals surface area contributed by atoms with E-state index < -0.39 is 0 Å².